The summed E-state index contributed by atoms with van der Waals surface area (Å²) in [5, 5.41) is 4.32. The molecule has 0 heterocycles. The van der Waals surface area contributed by atoms with E-state index in [0.717, 1.165) is 49.3 Å². The summed E-state index contributed by atoms with van der Waals surface area (Å²) in [5.74, 6) is 0.780. The molecule has 2 rings (SSSR count). The van der Waals surface area contributed by atoms with Crippen LogP contribution in [0.4, 0.5) is 0 Å². The molecular formula is C18H24Br2N2O2. The van der Waals surface area contributed by atoms with Gasteiger partial charge in [0.25, 0.3) is 0 Å². The monoisotopic (exact) mass is 458 g/mol. The molecule has 0 radical (unpaired) electrons. The smallest absolute Gasteiger partial charge is 0.248 e. The molecule has 1 saturated carbocycles. The van der Waals surface area contributed by atoms with Crippen LogP contribution in [0.15, 0.2) is 29.4 Å². The minimum atomic E-state index is -0.466. The van der Waals surface area contributed by atoms with Crippen molar-refractivity contribution >= 4 is 43.5 Å². The highest BCUT2D eigenvalue weighted by Crippen LogP contribution is 2.66. The van der Waals surface area contributed by atoms with Gasteiger partial charge in [0.2, 0.25) is 5.91 Å². The summed E-state index contributed by atoms with van der Waals surface area (Å²) in [4.78, 5) is 12.3. The zero-order chi connectivity index (χ0) is 17.8. The first-order valence-electron chi connectivity index (χ1n) is 8.32. The van der Waals surface area contributed by atoms with Crippen molar-refractivity contribution in [2.24, 2.45) is 10.5 Å². The van der Waals surface area contributed by atoms with Gasteiger partial charge in [0.15, 0.2) is 0 Å². The molecule has 0 aliphatic heterocycles. The fourth-order valence-electron chi connectivity index (χ4n) is 2.31. The highest BCUT2D eigenvalue weighted by atomic mass is 79.9. The molecule has 0 bridgehead atoms. The summed E-state index contributed by atoms with van der Waals surface area (Å²) >= 11 is 7.01. The van der Waals surface area contributed by atoms with Crippen molar-refractivity contribution in [2.75, 3.05) is 6.61 Å². The van der Waals surface area contributed by atoms with Crippen LogP contribution in [0.5, 0.6) is 5.75 Å². The maximum absolute atomic E-state index is 12.3. The van der Waals surface area contributed by atoms with Crippen molar-refractivity contribution in [3.63, 3.8) is 0 Å². The lowest BCUT2D eigenvalue weighted by Crippen LogP contribution is -2.30. The second-order valence-electron chi connectivity index (χ2n) is 6.29. The first kappa shape index (κ1) is 19.4. The fraction of sp³-hybridized carbons (Fsp3) is 0.556. The zero-order valence-electron chi connectivity index (χ0n) is 14.4. The molecule has 1 fully saturated rings. The lowest BCUT2D eigenvalue weighted by Gasteiger charge is -2.12. The number of carbonyl (C=O) groups is 1. The SMILES string of the molecule is CCCCOc1ccc(C(CC)=NNC(=O)C2(C)CC2(Br)Br)cc1. The number of halogens is 2. The lowest BCUT2D eigenvalue weighted by molar-refractivity contribution is -0.125. The van der Waals surface area contributed by atoms with Crippen LogP contribution in [0.1, 0.15) is 52.0 Å². The molecule has 132 valence electrons. The largest absolute Gasteiger partial charge is 0.494 e. The average Bonchev–Trinajstić information content (AvgIpc) is 3.09. The van der Waals surface area contributed by atoms with Gasteiger partial charge in [-0.15, -0.1) is 0 Å². The average molecular weight is 460 g/mol. The number of benzene rings is 1. The molecule has 0 saturated heterocycles. The van der Waals surface area contributed by atoms with Gasteiger partial charge >= 0.3 is 0 Å². The minimum Gasteiger partial charge on any atom is -0.494 e. The van der Waals surface area contributed by atoms with Crippen LogP contribution in [-0.4, -0.2) is 21.5 Å². The van der Waals surface area contributed by atoms with Gasteiger partial charge in [-0.2, -0.15) is 5.10 Å². The van der Waals surface area contributed by atoms with E-state index in [9.17, 15) is 4.79 Å². The van der Waals surface area contributed by atoms with Gasteiger partial charge in [0.1, 0.15) is 5.75 Å². The number of hydrogen-bond acceptors (Lipinski definition) is 3. The van der Waals surface area contributed by atoms with Crippen LogP contribution < -0.4 is 10.2 Å². The van der Waals surface area contributed by atoms with Gasteiger partial charge in [0, 0.05) is 0 Å². The molecule has 6 heteroatoms. The number of amides is 1. The topological polar surface area (TPSA) is 50.7 Å². The Bertz CT molecular complexity index is 614. The molecule has 24 heavy (non-hydrogen) atoms. The van der Waals surface area contributed by atoms with Crippen molar-refractivity contribution in [1.29, 1.82) is 0 Å². The number of hydrogen-bond donors (Lipinski definition) is 1. The molecule has 1 aliphatic carbocycles. The second kappa shape index (κ2) is 8.00. The molecule has 1 unspecified atom stereocenters. The van der Waals surface area contributed by atoms with Crippen molar-refractivity contribution < 1.29 is 9.53 Å². The Hall–Kier alpha value is -0.880. The Morgan fingerprint density at radius 1 is 1.29 bits per heavy atom. The van der Waals surface area contributed by atoms with Crippen LogP contribution in [0.25, 0.3) is 0 Å². The van der Waals surface area contributed by atoms with Gasteiger partial charge in [-0.25, -0.2) is 5.43 Å². The molecular weight excluding hydrogens is 436 g/mol. The van der Waals surface area contributed by atoms with Crippen LogP contribution in [0, 0.1) is 5.41 Å². The molecule has 0 spiro atoms. The molecule has 1 aromatic rings. The molecule has 4 nitrogen and oxygen atoms in total. The third kappa shape index (κ3) is 4.39. The van der Waals surface area contributed by atoms with Gasteiger partial charge in [-0.1, -0.05) is 52.1 Å². The standard InChI is InChI=1S/C18H24Br2N2O2/c1-4-6-11-24-14-9-7-13(8-10-14)15(5-2)21-22-16(23)17(3)12-18(17,19)20/h7-10H,4-6,11-12H2,1-3H3,(H,22,23). The summed E-state index contributed by atoms with van der Waals surface area (Å²) in [5.41, 5.74) is 4.08. The summed E-state index contributed by atoms with van der Waals surface area (Å²) in [6.07, 6.45) is 3.65. The molecule has 1 atom stereocenters. The van der Waals surface area contributed by atoms with Crippen LogP contribution >= 0.6 is 31.9 Å². The second-order valence-corrected chi connectivity index (χ2v) is 10.1. The first-order valence-corrected chi connectivity index (χ1v) is 9.90. The quantitative estimate of drug-likeness (QED) is 0.257. The summed E-state index contributed by atoms with van der Waals surface area (Å²) in [6.45, 7) is 6.81. The Morgan fingerprint density at radius 3 is 2.42 bits per heavy atom. The van der Waals surface area contributed by atoms with Crippen molar-refractivity contribution in [3.05, 3.63) is 29.8 Å². The normalized spacial score (nSPS) is 22.1. The molecule has 1 amide bonds. The van der Waals surface area contributed by atoms with E-state index in [1.807, 2.05) is 38.1 Å². The first-order chi connectivity index (χ1) is 11.3. The summed E-state index contributed by atoms with van der Waals surface area (Å²) in [6, 6.07) is 7.85. The molecule has 1 aromatic carbocycles. The maximum atomic E-state index is 12.3. The summed E-state index contributed by atoms with van der Waals surface area (Å²) in [7, 11) is 0. The number of unbranched alkanes of at least 4 members (excludes halogenated alkanes) is 1. The zero-order valence-corrected chi connectivity index (χ0v) is 17.5. The van der Waals surface area contributed by atoms with E-state index in [-0.39, 0.29) is 9.14 Å². The number of ether oxygens (including phenoxy) is 1. The third-order valence-corrected chi connectivity index (χ3v) is 6.65. The number of nitrogens with one attached hydrogen (secondary N) is 1. The Labute approximate surface area is 160 Å². The highest BCUT2D eigenvalue weighted by Gasteiger charge is 2.66. The van der Waals surface area contributed by atoms with Crippen molar-refractivity contribution in [2.45, 2.75) is 49.7 Å². The number of nitrogens with zero attached hydrogens (tertiary/aromatic N) is 1. The van der Waals surface area contributed by atoms with Crippen LogP contribution in [-0.2, 0) is 4.79 Å². The van der Waals surface area contributed by atoms with Gasteiger partial charge in [0.05, 0.1) is 21.0 Å². The van der Waals surface area contributed by atoms with E-state index in [0.29, 0.717) is 0 Å². The summed E-state index contributed by atoms with van der Waals surface area (Å²) < 4.78 is 5.36. The van der Waals surface area contributed by atoms with E-state index >= 15 is 0 Å². The van der Waals surface area contributed by atoms with Crippen molar-refractivity contribution in [1.82, 2.24) is 5.43 Å². The maximum Gasteiger partial charge on any atom is 0.248 e. The van der Waals surface area contributed by atoms with Gasteiger partial charge in [-0.05, 0) is 56.0 Å². The lowest BCUT2D eigenvalue weighted by atomic mass is 10.1. The Morgan fingerprint density at radius 2 is 1.92 bits per heavy atom. The molecule has 0 aromatic heterocycles. The Kier molecular flexibility index (Phi) is 6.48. The molecule has 1 aliphatic rings. The number of alkyl halides is 2. The number of carbonyl (C=O) groups excluding carboxylic acids is 1. The Balaban J connectivity index is 1.99. The van der Waals surface area contributed by atoms with E-state index in [1.165, 1.54) is 0 Å². The fourth-order valence-corrected chi connectivity index (χ4v) is 3.80. The molecule has 1 N–H and O–H groups in total. The van der Waals surface area contributed by atoms with E-state index in [4.69, 9.17) is 4.74 Å². The van der Waals surface area contributed by atoms with E-state index < -0.39 is 5.41 Å². The van der Waals surface area contributed by atoms with Crippen LogP contribution in [0.3, 0.4) is 0 Å². The van der Waals surface area contributed by atoms with Gasteiger partial charge in [-0.3, -0.25) is 4.79 Å². The van der Waals surface area contributed by atoms with Crippen LogP contribution in [0.2, 0.25) is 0 Å². The highest BCUT2D eigenvalue weighted by molar-refractivity contribution is 9.25. The number of hydrazone groups is 1. The van der Waals surface area contributed by atoms with E-state index in [2.05, 4.69) is 49.3 Å². The van der Waals surface area contributed by atoms with Gasteiger partial charge < -0.3 is 4.74 Å². The van der Waals surface area contributed by atoms with Crippen molar-refractivity contribution in [3.8, 4) is 5.75 Å². The van der Waals surface area contributed by atoms with E-state index in [1.54, 1.807) is 0 Å². The predicted octanol–water partition coefficient (Wildman–Crippen LogP) is 4.99. The predicted molar refractivity (Wildman–Crippen MR) is 105 cm³/mol. The third-order valence-electron chi connectivity index (χ3n) is 4.34. The minimum absolute atomic E-state index is 0.0817. The number of rotatable bonds is 8.